The van der Waals surface area contributed by atoms with Gasteiger partial charge >= 0.3 is 5.97 Å². The molecule has 0 radical (unpaired) electrons. The maximum Gasteiger partial charge on any atom is 0.307 e. The van der Waals surface area contributed by atoms with Gasteiger partial charge in [-0.25, -0.2) is 4.39 Å². The molecular formula is C25H22FNO4. The molecule has 0 aliphatic rings. The van der Waals surface area contributed by atoms with E-state index in [0.717, 1.165) is 16.5 Å². The second-order valence-corrected chi connectivity index (χ2v) is 7.44. The monoisotopic (exact) mass is 419 g/mol. The van der Waals surface area contributed by atoms with Crippen LogP contribution in [0.5, 0.6) is 5.75 Å². The average molecular weight is 419 g/mol. The molecule has 1 aromatic heterocycles. The Bertz CT molecular complexity index is 1260. The highest BCUT2D eigenvalue weighted by atomic mass is 19.1. The fraction of sp³-hybridized carbons (Fsp3) is 0.160. The summed E-state index contributed by atoms with van der Waals surface area (Å²) in [4.78, 5) is 11.2. The number of halogens is 1. The van der Waals surface area contributed by atoms with E-state index in [9.17, 15) is 9.18 Å². The van der Waals surface area contributed by atoms with Crippen LogP contribution in [0, 0.1) is 12.7 Å². The number of hydrogen-bond acceptors (Lipinski definition) is 4. The Morgan fingerprint density at radius 1 is 1.10 bits per heavy atom. The van der Waals surface area contributed by atoms with Crippen LogP contribution in [-0.4, -0.2) is 11.1 Å². The van der Waals surface area contributed by atoms with Crippen molar-refractivity contribution in [2.24, 2.45) is 5.73 Å². The van der Waals surface area contributed by atoms with Gasteiger partial charge in [-0.2, -0.15) is 0 Å². The number of aryl methyl sites for hydroxylation is 1. The van der Waals surface area contributed by atoms with Crippen molar-refractivity contribution in [3.05, 3.63) is 88.9 Å². The molecule has 0 aliphatic heterocycles. The average Bonchev–Trinajstić information content (AvgIpc) is 3.22. The zero-order valence-corrected chi connectivity index (χ0v) is 17.0. The highest BCUT2D eigenvalue weighted by molar-refractivity contribution is 5.93. The van der Waals surface area contributed by atoms with Gasteiger partial charge in [-0.3, -0.25) is 4.79 Å². The number of carbonyl (C=O) groups is 1. The first-order valence-corrected chi connectivity index (χ1v) is 9.88. The van der Waals surface area contributed by atoms with Gasteiger partial charge in [0.15, 0.2) is 0 Å². The number of carboxylic acids is 1. The summed E-state index contributed by atoms with van der Waals surface area (Å²) in [6.45, 7) is 2.21. The number of ether oxygens (including phenoxy) is 1. The molecular weight excluding hydrogens is 397 g/mol. The lowest BCUT2D eigenvalue weighted by Crippen LogP contribution is -2.05. The smallest absolute Gasteiger partial charge is 0.307 e. The third-order valence-electron chi connectivity index (χ3n) is 5.16. The Hall–Kier alpha value is -3.64. The number of fused-ring (bicyclic) bond motifs is 1. The number of rotatable bonds is 7. The Morgan fingerprint density at radius 2 is 1.94 bits per heavy atom. The van der Waals surface area contributed by atoms with Crippen LogP contribution in [0.3, 0.4) is 0 Å². The van der Waals surface area contributed by atoms with E-state index in [1.807, 2.05) is 37.3 Å². The molecule has 0 unspecified atom stereocenters. The van der Waals surface area contributed by atoms with Crippen LogP contribution in [0.15, 0.2) is 65.3 Å². The number of carboxylic acid groups (broad SMARTS) is 1. The van der Waals surface area contributed by atoms with E-state index in [-0.39, 0.29) is 25.4 Å². The van der Waals surface area contributed by atoms with Gasteiger partial charge in [-0.05, 0) is 42.3 Å². The summed E-state index contributed by atoms with van der Waals surface area (Å²) in [5, 5.41) is 9.98. The van der Waals surface area contributed by atoms with Crippen LogP contribution in [0.4, 0.5) is 4.39 Å². The molecule has 0 atom stereocenters. The second-order valence-electron chi connectivity index (χ2n) is 7.44. The molecule has 158 valence electrons. The molecule has 3 aromatic carbocycles. The van der Waals surface area contributed by atoms with Crippen LogP contribution in [0.1, 0.15) is 22.3 Å². The molecule has 31 heavy (non-hydrogen) atoms. The van der Waals surface area contributed by atoms with Crippen molar-refractivity contribution < 1.29 is 23.4 Å². The maximum atomic E-state index is 15.0. The normalized spacial score (nSPS) is 11.1. The molecule has 0 bridgehead atoms. The maximum absolute atomic E-state index is 15.0. The molecule has 0 spiro atoms. The summed E-state index contributed by atoms with van der Waals surface area (Å²) < 4.78 is 26.6. The first-order chi connectivity index (χ1) is 15.0. The van der Waals surface area contributed by atoms with Crippen molar-refractivity contribution in [1.82, 2.24) is 0 Å². The summed E-state index contributed by atoms with van der Waals surface area (Å²) in [6, 6.07) is 16.1. The van der Waals surface area contributed by atoms with Gasteiger partial charge < -0.3 is 20.0 Å². The molecule has 3 N–H and O–H groups in total. The number of benzene rings is 3. The predicted molar refractivity (Wildman–Crippen MR) is 116 cm³/mol. The molecule has 0 fully saturated rings. The summed E-state index contributed by atoms with van der Waals surface area (Å²) in [6.07, 6.45) is 1.44. The highest BCUT2D eigenvalue weighted by Gasteiger charge is 2.16. The van der Waals surface area contributed by atoms with Gasteiger partial charge in [0.1, 0.15) is 23.8 Å². The lowest BCUT2D eigenvalue weighted by molar-refractivity contribution is -0.136. The van der Waals surface area contributed by atoms with Crippen molar-refractivity contribution in [3.63, 3.8) is 0 Å². The summed E-state index contributed by atoms with van der Waals surface area (Å²) >= 11 is 0. The number of nitrogens with two attached hydrogens (primary N) is 1. The van der Waals surface area contributed by atoms with Crippen LogP contribution >= 0.6 is 0 Å². The van der Waals surface area contributed by atoms with Gasteiger partial charge in [-0.15, -0.1) is 0 Å². The van der Waals surface area contributed by atoms with Crippen molar-refractivity contribution >= 4 is 16.9 Å². The summed E-state index contributed by atoms with van der Waals surface area (Å²) in [5.41, 5.74) is 10.1. The Balaban J connectivity index is 1.71. The molecule has 6 heteroatoms. The van der Waals surface area contributed by atoms with Gasteiger partial charge in [0.25, 0.3) is 0 Å². The van der Waals surface area contributed by atoms with Crippen LogP contribution in [0.2, 0.25) is 0 Å². The van der Waals surface area contributed by atoms with Crippen LogP contribution in [-0.2, 0) is 24.4 Å². The fourth-order valence-corrected chi connectivity index (χ4v) is 3.64. The molecule has 4 aromatic rings. The SMILES string of the molecule is Cc1ccc(CC(=O)O)c(OCc2cc(-c3cccc(CN)c3F)c3occc3c2)c1. The van der Waals surface area contributed by atoms with Crippen molar-refractivity contribution in [3.8, 4) is 16.9 Å². The highest BCUT2D eigenvalue weighted by Crippen LogP contribution is 2.34. The van der Waals surface area contributed by atoms with E-state index in [0.29, 0.717) is 33.6 Å². The largest absolute Gasteiger partial charge is 0.489 e. The van der Waals surface area contributed by atoms with Crippen molar-refractivity contribution in [2.45, 2.75) is 26.5 Å². The van der Waals surface area contributed by atoms with E-state index in [1.165, 1.54) is 0 Å². The summed E-state index contributed by atoms with van der Waals surface area (Å²) in [7, 11) is 0. The van der Waals surface area contributed by atoms with E-state index in [2.05, 4.69) is 0 Å². The Labute approximate surface area is 178 Å². The second kappa shape index (κ2) is 8.62. The molecule has 0 saturated carbocycles. The quantitative estimate of drug-likeness (QED) is 0.429. The number of hydrogen-bond donors (Lipinski definition) is 2. The lowest BCUT2D eigenvalue weighted by Gasteiger charge is -2.13. The van der Waals surface area contributed by atoms with E-state index < -0.39 is 5.97 Å². The molecule has 0 saturated heterocycles. The minimum absolute atomic E-state index is 0.101. The minimum atomic E-state index is -0.925. The number of aliphatic carboxylic acids is 1. The van der Waals surface area contributed by atoms with Crippen molar-refractivity contribution in [1.29, 1.82) is 0 Å². The Morgan fingerprint density at radius 3 is 2.71 bits per heavy atom. The zero-order valence-electron chi connectivity index (χ0n) is 17.0. The van der Waals surface area contributed by atoms with E-state index in [1.54, 1.807) is 30.5 Å². The van der Waals surface area contributed by atoms with E-state index >= 15 is 0 Å². The van der Waals surface area contributed by atoms with Crippen LogP contribution in [0.25, 0.3) is 22.1 Å². The molecule has 5 nitrogen and oxygen atoms in total. The summed E-state index contributed by atoms with van der Waals surface area (Å²) in [5.74, 6) is -0.776. The van der Waals surface area contributed by atoms with Crippen LogP contribution < -0.4 is 10.5 Å². The topological polar surface area (TPSA) is 85.7 Å². The Kier molecular flexibility index (Phi) is 5.73. The van der Waals surface area contributed by atoms with Gasteiger partial charge in [-0.1, -0.05) is 30.3 Å². The first kappa shape index (κ1) is 20.6. The third kappa shape index (κ3) is 4.29. The van der Waals surface area contributed by atoms with E-state index in [4.69, 9.17) is 20.0 Å². The zero-order chi connectivity index (χ0) is 22.0. The lowest BCUT2D eigenvalue weighted by atomic mass is 9.98. The third-order valence-corrected chi connectivity index (χ3v) is 5.16. The number of furan rings is 1. The van der Waals surface area contributed by atoms with Crippen molar-refractivity contribution in [2.75, 3.05) is 0 Å². The van der Waals surface area contributed by atoms with Gasteiger partial charge in [0, 0.05) is 34.2 Å². The van der Waals surface area contributed by atoms with Gasteiger partial charge in [0.2, 0.25) is 0 Å². The predicted octanol–water partition coefficient (Wildman–Crippen LogP) is 5.21. The fourth-order valence-electron chi connectivity index (χ4n) is 3.64. The molecule has 0 aliphatic carbocycles. The molecule has 4 rings (SSSR count). The minimum Gasteiger partial charge on any atom is -0.489 e. The van der Waals surface area contributed by atoms with Gasteiger partial charge in [0.05, 0.1) is 12.7 Å². The first-order valence-electron chi connectivity index (χ1n) is 9.88. The standard InChI is InChI=1S/C25H22FNO4/c1-15-5-6-17(12-23(28)29)22(9-15)31-14-16-10-18-7-8-30-25(18)21(11-16)20-4-2-3-19(13-27)24(20)26/h2-11H,12-14,27H2,1H3,(H,28,29). The molecule has 0 amide bonds. The molecule has 1 heterocycles.